The van der Waals surface area contributed by atoms with Crippen LogP contribution in [0.2, 0.25) is 10.0 Å². The Kier molecular flexibility index (Phi) is 4.87. The Hall–Kier alpha value is -1.72. The van der Waals surface area contributed by atoms with Crippen LogP contribution in [0.15, 0.2) is 30.6 Å². The number of aryl methyl sites for hydroxylation is 1. The zero-order chi connectivity index (χ0) is 14.5. The van der Waals surface area contributed by atoms with Crippen molar-refractivity contribution < 1.29 is 4.79 Å². The van der Waals surface area contributed by atoms with E-state index in [-0.39, 0.29) is 21.6 Å². The van der Waals surface area contributed by atoms with Gasteiger partial charge in [-0.05, 0) is 24.6 Å². The molecule has 1 aromatic heterocycles. The normalized spacial score (nSPS) is 10.5. The summed E-state index contributed by atoms with van der Waals surface area (Å²) in [6.07, 6.45) is 4.38. The Morgan fingerprint density at radius 2 is 2.05 bits per heavy atom. The minimum atomic E-state index is -0.228. The number of nitrogens with two attached hydrogens (primary N) is 1. The molecule has 5 nitrogen and oxygen atoms in total. The monoisotopic (exact) mass is 312 g/mol. The van der Waals surface area contributed by atoms with Gasteiger partial charge in [0.1, 0.15) is 0 Å². The molecule has 0 aliphatic heterocycles. The average molecular weight is 313 g/mol. The van der Waals surface area contributed by atoms with Crippen LogP contribution in [0.3, 0.4) is 0 Å². The van der Waals surface area contributed by atoms with Crippen LogP contribution in [0.5, 0.6) is 0 Å². The summed E-state index contributed by atoms with van der Waals surface area (Å²) in [6, 6.07) is 4.87. The summed E-state index contributed by atoms with van der Waals surface area (Å²) in [6.45, 7) is 1.29. The third-order valence-corrected chi connectivity index (χ3v) is 3.38. The van der Waals surface area contributed by atoms with Gasteiger partial charge in [-0.15, -0.1) is 0 Å². The first-order chi connectivity index (χ1) is 9.58. The third kappa shape index (κ3) is 3.65. The van der Waals surface area contributed by atoms with Crippen molar-refractivity contribution in [2.45, 2.75) is 13.0 Å². The fourth-order valence-electron chi connectivity index (χ4n) is 1.69. The van der Waals surface area contributed by atoms with Gasteiger partial charge in [0.05, 0.1) is 15.7 Å². The molecule has 0 spiro atoms. The van der Waals surface area contributed by atoms with Gasteiger partial charge in [-0.3, -0.25) is 9.48 Å². The molecular formula is C13H14Cl2N4O. The van der Waals surface area contributed by atoms with Crippen LogP contribution >= 0.6 is 23.2 Å². The number of hydrogen-bond acceptors (Lipinski definition) is 3. The Bertz CT molecular complexity index is 575. The Balaban J connectivity index is 1.86. The van der Waals surface area contributed by atoms with Gasteiger partial charge in [0.25, 0.3) is 5.91 Å². The second-order valence-electron chi connectivity index (χ2n) is 4.23. The highest BCUT2D eigenvalue weighted by atomic mass is 35.5. The molecule has 3 N–H and O–H groups in total. The number of nitrogens with zero attached hydrogens (tertiary/aromatic N) is 2. The lowest BCUT2D eigenvalue weighted by molar-refractivity contribution is 0.0952. The molecule has 20 heavy (non-hydrogen) atoms. The summed E-state index contributed by atoms with van der Waals surface area (Å²) in [5, 5.41) is 7.43. The highest BCUT2D eigenvalue weighted by Gasteiger charge is 2.10. The molecule has 0 aliphatic carbocycles. The lowest BCUT2D eigenvalue weighted by atomic mass is 10.2. The standard InChI is InChI=1S/C13H14Cl2N4O/c14-10-7-9(8-11(15)12(10)16)13(20)17-3-1-5-19-6-2-4-18-19/h2,4,6-8H,1,3,5,16H2,(H,17,20). The maximum atomic E-state index is 11.9. The van der Waals surface area contributed by atoms with Crippen molar-refractivity contribution in [1.82, 2.24) is 15.1 Å². The number of carbonyl (C=O) groups is 1. The molecule has 1 heterocycles. The van der Waals surface area contributed by atoms with Crippen LogP contribution in [0.4, 0.5) is 5.69 Å². The largest absolute Gasteiger partial charge is 0.396 e. The number of amides is 1. The van der Waals surface area contributed by atoms with Crippen LogP contribution in [-0.4, -0.2) is 22.2 Å². The van der Waals surface area contributed by atoms with E-state index in [1.54, 1.807) is 6.20 Å². The SMILES string of the molecule is Nc1c(Cl)cc(C(=O)NCCCn2cccn2)cc1Cl. The molecular weight excluding hydrogens is 299 g/mol. The van der Waals surface area contributed by atoms with E-state index in [0.29, 0.717) is 12.1 Å². The topological polar surface area (TPSA) is 72.9 Å². The van der Waals surface area contributed by atoms with Gasteiger partial charge in [0, 0.05) is 31.0 Å². The highest BCUT2D eigenvalue weighted by Crippen LogP contribution is 2.28. The summed E-state index contributed by atoms with van der Waals surface area (Å²) in [7, 11) is 0. The molecule has 0 aliphatic rings. The number of rotatable bonds is 5. The van der Waals surface area contributed by atoms with Crippen LogP contribution in [-0.2, 0) is 6.54 Å². The Morgan fingerprint density at radius 3 is 2.65 bits per heavy atom. The van der Waals surface area contributed by atoms with Crippen LogP contribution in [0, 0.1) is 0 Å². The predicted octanol–water partition coefficient (Wildman–Crippen LogP) is 2.59. The van der Waals surface area contributed by atoms with Crippen molar-refractivity contribution in [2.24, 2.45) is 0 Å². The minimum Gasteiger partial charge on any atom is -0.396 e. The second kappa shape index (κ2) is 6.63. The predicted molar refractivity (Wildman–Crippen MR) is 80.1 cm³/mol. The number of carbonyl (C=O) groups excluding carboxylic acids is 1. The molecule has 106 valence electrons. The number of aromatic nitrogens is 2. The van der Waals surface area contributed by atoms with Gasteiger partial charge >= 0.3 is 0 Å². The number of hydrogen-bond donors (Lipinski definition) is 2. The molecule has 0 saturated heterocycles. The third-order valence-electron chi connectivity index (χ3n) is 2.75. The van der Waals surface area contributed by atoms with Crippen molar-refractivity contribution in [1.29, 1.82) is 0 Å². The molecule has 2 rings (SSSR count). The van der Waals surface area contributed by atoms with E-state index in [4.69, 9.17) is 28.9 Å². The molecule has 0 atom stereocenters. The van der Waals surface area contributed by atoms with Crippen LogP contribution in [0.1, 0.15) is 16.8 Å². The molecule has 0 radical (unpaired) electrons. The number of anilines is 1. The van der Waals surface area contributed by atoms with E-state index in [1.807, 2.05) is 16.9 Å². The summed E-state index contributed by atoms with van der Waals surface area (Å²) >= 11 is 11.8. The quantitative estimate of drug-likeness (QED) is 0.658. The summed E-state index contributed by atoms with van der Waals surface area (Å²) < 4.78 is 1.81. The lowest BCUT2D eigenvalue weighted by Gasteiger charge is -2.08. The van der Waals surface area contributed by atoms with Crippen molar-refractivity contribution in [3.63, 3.8) is 0 Å². The van der Waals surface area contributed by atoms with Gasteiger partial charge in [0.15, 0.2) is 0 Å². The smallest absolute Gasteiger partial charge is 0.251 e. The first kappa shape index (κ1) is 14.7. The zero-order valence-corrected chi connectivity index (χ0v) is 12.2. The molecule has 0 fully saturated rings. The van der Waals surface area contributed by atoms with E-state index >= 15 is 0 Å². The molecule has 0 bridgehead atoms. The summed E-state index contributed by atoms with van der Waals surface area (Å²) in [5.41, 5.74) is 6.30. The van der Waals surface area contributed by atoms with E-state index < -0.39 is 0 Å². The van der Waals surface area contributed by atoms with Crippen LogP contribution in [0.25, 0.3) is 0 Å². The maximum absolute atomic E-state index is 11.9. The van der Waals surface area contributed by atoms with Crippen molar-refractivity contribution >= 4 is 34.8 Å². The number of nitrogens with one attached hydrogen (secondary N) is 1. The molecule has 7 heteroatoms. The Morgan fingerprint density at radius 1 is 1.35 bits per heavy atom. The van der Waals surface area contributed by atoms with E-state index in [0.717, 1.165) is 13.0 Å². The highest BCUT2D eigenvalue weighted by molar-refractivity contribution is 6.39. The molecule has 1 aromatic carbocycles. The van der Waals surface area contributed by atoms with E-state index in [1.165, 1.54) is 12.1 Å². The second-order valence-corrected chi connectivity index (χ2v) is 5.05. The number of halogens is 2. The van der Waals surface area contributed by atoms with Crippen LogP contribution < -0.4 is 11.1 Å². The Labute approximate surface area is 126 Å². The van der Waals surface area contributed by atoms with Gasteiger partial charge in [-0.1, -0.05) is 23.2 Å². The molecule has 2 aromatic rings. The fraction of sp³-hybridized carbons (Fsp3) is 0.231. The van der Waals surface area contributed by atoms with Gasteiger partial charge in [0.2, 0.25) is 0 Å². The van der Waals surface area contributed by atoms with E-state index in [9.17, 15) is 4.79 Å². The van der Waals surface area contributed by atoms with Crippen molar-refractivity contribution in [3.05, 3.63) is 46.2 Å². The maximum Gasteiger partial charge on any atom is 0.251 e. The summed E-state index contributed by atoms with van der Waals surface area (Å²) in [5.74, 6) is -0.228. The zero-order valence-electron chi connectivity index (χ0n) is 10.6. The fourth-order valence-corrected chi connectivity index (χ4v) is 2.18. The molecule has 1 amide bonds. The first-order valence-corrected chi connectivity index (χ1v) is 6.83. The van der Waals surface area contributed by atoms with Gasteiger partial charge < -0.3 is 11.1 Å². The van der Waals surface area contributed by atoms with Gasteiger partial charge in [-0.25, -0.2) is 0 Å². The van der Waals surface area contributed by atoms with Crippen molar-refractivity contribution in [2.75, 3.05) is 12.3 Å². The van der Waals surface area contributed by atoms with Gasteiger partial charge in [-0.2, -0.15) is 5.10 Å². The number of nitrogen functional groups attached to an aromatic ring is 1. The first-order valence-electron chi connectivity index (χ1n) is 6.08. The summed E-state index contributed by atoms with van der Waals surface area (Å²) in [4.78, 5) is 11.9. The average Bonchev–Trinajstić information content (AvgIpc) is 2.93. The minimum absolute atomic E-state index is 0.228. The number of benzene rings is 1. The molecule has 0 saturated carbocycles. The van der Waals surface area contributed by atoms with E-state index in [2.05, 4.69) is 10.4 Å². The lowest BCUT2D eigenvalue weighted by Crippen LogP contribution is -2.25. The van der Waals surface area contributed by atoms with Crippen molar-refractivity contribution in [3.8, 4) is 0 Å². The molecule has 0 unspecified atom stereocenters.